The van der Waals surface area contributed by atoms with Crippen molar-refractivity contribution in [2.45, 2.75) is 237 Å². The standard InChI is InChI=1S/C49H95NO6/c1-36(2)29-31-44(38(5)6)41(10)54-46(51)27-23-19-15-17-21-25-43(56-48(53)34-49(12,13)33-40(9)35-50-14)26-22-18-16-20-24-28-47(52)55-42(11)45(39(7)8)32-30-37(3)4/h36-45,50H,15-35H2,1-14H3/t40-,41?,42?,43?,44?,45?/m0/s1. The molecule has 0 aromatic heterocycles. The van der Waals surface area contributed by atoms with Gasteiger partial charge in [0, 0.05) is 12.8 Å². The van der Waals surface area contributed by atoms with Gasteiger partial charge in [-0.2, -0.15) is 0 Å². The van der Waals surface area contributed by atoms with Crippen LogP contribution in [0.25, 0.3) is 0 Å². The summed E-state index contributed by atoms with van der Waals surface area (Å²) in [6.07, 6.45) is 18.6. The summed E-state index contributed by atoms with van der Waals surface area (Å²) >= 11 is 0. The Balaban J connectivity index is 4.80. The van der Waals surface area contributed by atoms with Crippen molar-refractivity contribution in [1.82, 2.24) is 5.32 Å². The predicted octanol–water partition coefficient (Wildman–Crippen LogP) is 13.3. The van der Waals surface area contributed by atoms with Crippen molar-refractivity contribution in [2.75, 3.05) is 13.6 Å². The van der Waals surface area contributed by atoms with E-state index in [0.29, 0.717) is 60.7 Å². The highest BCUT2D eigenvalue weighted by molar-refractivity contribution is 5.70. The molecule has 0 rings (SSSR count). The summed E-state index contributed by atoms with van der Waals surface area (Å²) in [5, 5.41) is 3.25. The maximum absolute atomic E-state index is 13.2. The van der Waals surface area contributed by atoms with Gasteiger partial charge in [0.25, 0.3) is 0 Å². The molecule has 0 saturated heterocycles. The summed E-state index contributed by atoms with van der Waals surface area (Å²) in [6, 6.07) is 0. The number of rotatable bonds is 35. The molecule has 0 aliphatic carbocycles. The molecule has 0 aliphatic rings. The first kappa shape index (κ1) is 54.4. The van der Waals surface area contributed by atoms with Crippen LogP contribution in [0.5, 0.6) is 0 Å². The number of nitrogens with one attached hydrogen (secondary N) is 1. The zero-order valence-electron chi connectivity index (χ0n) is 39.6. The first-order chi connectivity index (χ1) is 26.3. The number of unbranched alkanes of at least 4 members (excludes halogenated alkanes) is 8. The molecule has 7 heteroatoms. The van der Waals surface area contributed by atoms with E-state index in [9.17, 15) is 14.4 Å². The predicted molar refractivity (Wildman–Crippen MR) is 237 cm³/mol. The quantitative estimate of drug-likeness (QED) is 0.0388. The van der Waals surface area contributed by atoms with Crippen molar-refractivity contribution in [3.63, 3.8) is 0 Å². The van der Waals surface area contributed by atoms with E-state index in [-0.39, 0.29) is 41.6 Å². The van der Waals surface area contributed by atoms with E-state index in [0.717, 1.165) is 116 Å². The number of hydrogen-bond donors (Lipinski definition) is 1. The summed E-state index contributed by atoms with van der Waals surface area (Å²) in [5.41, 5.74) is -0.108. The molecule has 56 heavy (non-hydrogen) atoms. The minimum absolute atomic E-state index is 0.0389. The van der Waals surface area contributed by atoms with Crippen LogP contribution < -0.4 is 5.32 Å². The lowest BCUT2D eigenvalue weighted by Gasteiger charge is -2.28. The highest BCUT2D eigenvalue weighted by Gasteiger charge is 2.28. The number of esters is 3. The molecule has 0 aliphatic heterocycles. The van der Waals surface area contributed by atoms with E-state index in [1.165, 1.54) is 0 Å². The topological polar surface area (TPSA) is 90.9 Å². The van der Waals surface area contributed by atoms with Gasteiger partial charge in [0.15, 0.2) is 0 Å². The number of carbonyl (C=O) groups is 3. The third kappa shape index (κ3) is 28.7. The molecule has 5 atom stereocenters. The fourth-order valence-corrected chi connectivity index (χ4v) is 8.64. The molecular weight excluding hydrogens is 699 g/mol. The monoisotopic (exact) mass is 794 g/mol. The van der Waals surface area contributed by atoms with Crippen molar-refractivity contribution in [1.29, 1.82) is 0 Å². The van der Waals surface area contributed by atoms with Crippen LogP contribution in [0.3, 0.4) is 0 Å². The van der Waals surface area contributed by atoms with Gasteiger partial charge >= 0.3 is 17.9 Å². The van der Waals surface area contributed by atoms with Crippen LogP contribution in [-0.4, -0.2) is 49.8 Å². The van der Waals surface area contributed by atoms with Crippen molar-refractivity contribution in [2.24, 2.45) is 46.8 Å². The Morgan fingerprint density at radius 1 is 0.500 bits per heavy atom. The van der Waals surface area contributed by atoms with Gasteiger partial charge in [-0.25, -0.2) is 0 Å². The van der Waals surface area contributed by atoms with Crippen LogP contribution in [0.1, 0.15) is 218 Å². The molecule has 0 bridgehead atoms. The first-order valence-electron chi connectivity index (χ1n) is 23.5. The van der Waals surface area contributed by atoms with Gasteiger partial charge in [-0.15, -0.1) is 0 Å². The van der Waals surface area contributed by atoms with Crippen LogP contribution >= 0.6 is 0 Å². The van der Waals surface area contributed by atoms with Crippen LogP contribution in [0.15, 0.2) is 0 Å². The Hall–Kier alpha value is -1.63. The Morgan fingerprint density at radius 2 is 0.893 bits per heavy atom. The zero-order chi connectivity index (χ0) is 42.7. The van der Waals surface area contributed by atoms with Crippen LogP contribution in [0.2, 0.25) is 0 Å². The lowest BCUT2D eigenvalue weighted by atomic mass is 9.80. The minimum Gasteiger partial charge on any atom is -0.462 e. The molecular formula is C49H95NO6. The molecule has 1 N–H and O–H groups in total. The fraction of sp³-hybridized carbons (Fsp3) is 0.939. The molecule has 4 unspecified atom stereocenters. The Bertz CT molecular complexity index is 949. The molecule has 0 radical (unpaired) electrons. The molecule has 7 nitrogen and oxygen atoms in total. The Kier molecular flexibility index (Phi) is 30.4. The van der Waals surface area contributed by atoms with Crippen molar-refractivity contribution in [3.8, 4) is 0 Å². The summed E-state index contributed by atoms with van der Waals surface area (Å²) in [4.78, 5) is 38.5. The molecule has 332 valence electrons. The number of hydrogen-bond acceptors (Lipinski definition) is 7. The first-order valence-corrected chi connectivity index (χ1v) is 23.5. The van der Waals surface area contributed by atoms with Crippen LogP contribution in [0.4, 0.5) is 0 Å². The van der Waals surface area contributed by atoms with E-state index >= 15 is 0 Å². The maximum atomic E-state index is 13.2. The van der Waals surface area contributed by atoms with E-state index in [2.05, 4.69) is 95.3 Å². The van der Waals surface area contributed by atoms with Gasteiger partial charge in [-0.1, -0.05) is 128 Å². The van der Waals surface area contributed by atoms with Crippen molar-refractivity contribution >= 4 is 17.9 Å². The van der Waals surface area contributed by atoms with Gasteiger partial charge < -0.3 is 19.5 Å². The van der Waals surface area contributed by atoms with Crippen LogP contribution in [0, 0.1) is 46.8 Å². The van der Waals surface area contributed by atoms with E-state index in [1.54, 1.807) is 0 Å². The highest BCUT2D eigenvalue weighted by atomic mass is 16.6. The van der Waals surface area contributed by atoms with Crippen LogP contribution in [-0.2, 0) is 28.6 Å². The van der Waals surface area contributed by atoms with Gasteiger partial charge in [0.2, 0.25) is 0 Å². The molecule has 0 aromatic rings. The molecule has 0 spiro atoms. The SMILES string of the molecule is CNC[C@@H](C)CC(C)(C)CC(=O)OC(CCCCCCCC(=O)OC(C)C(CCC(C)C)C(C)C)CCCCCCCC(=O)OC(C)C(CCC(C)C)C(C)C. The molecule has 0 aromatic carbocycles. The lowest BCUT2D eigenvalue weighted by Crippen LogP contribution is -2.28. The number of carbonyl (C=O) groups excluding carboxylic acids is 3. The highest BCUT2D eigenvalue weighted by Crippen LogP contribution is 2.31. The van der Waals surface area contributed by atoms with Crippen molar-refractivity contribution < 1.29 is 28.6 Å². The molecule has 0 amide bonds. The summed E-state index contributed by atoms with van der Waals surface area (Å²) in [5.74, 6) is 3.41. The third-order valence-corrected chi connectivity index (χ3v) is 11.9. The normalized spacial score (nSPS) is 15.5. The van der Waals surface area contributed by atoms with Gasteiger partial charge in [0.05, 0.1) is 6.42 Å². The summed E-state index contributed by atoms with van der Waals surface area (Å²) in [7, 11) is 1.97. The van der Waals surface area contributed by atoms with E-state index in [4.69, 9.17) is 14.2 Å². The number of ether oxygens (including phenoxy) is 3. The molecule has 0 saturated carbocycles. The second-order valence-electron chi connectivity index (χ2n) is 20.1. The van der Waals surface area contributed by atoms with E-state index in [1.807, 2.05) is 7.05 Å². The average molecular weight is 794 g/mol. The smallest absolute Gasteiger partial charge is 0.306 e. The van der Waals surface area contributed by atoms with Gasteiger partial charge in [-0.3, -0.25) is 14.4 Å². The van der Waals surface area contributed by atoms with Gasteiger partial charge in [-0.05, 0) is 132 Å². The second kappa shape index (κ2) is 31.3. The third-order valence-electron chi connectivity index (χ3n) is 11.9. The van der Waals surface area contributed by atoms with Gasteiger partial charge in [0.1, 0.15) is 18.3 Å². The fourth-order valence-electron chi connectivity index (χ4n) is 8.64. The summed E-state index contributed by atoms with van der Waals surface area (Å²) < 4.78 is 17.9. The van der Waals surface area contributed by atoms with Crippen molar-refractivity contribution in [3.05, 3.63) is 0 Å². The second-order valence-corrected chi connectivity index (χ2v) is 20.1. The zero-order valence-corrected chi connectivity index (χ0v) is 39.6. The molecule has 0 heterocycles. The minimum atomic E-state index is -0.108. The average Bonchev–Trinajstić information content (AvgIpc) is 3.06. The summed E-state index contributed by atoms with van der Waals surface area (Å²) in [6.45, 7) is 29.6. The largest absolute Gasteiger partial charge is 0.462 e. The van der Waals surface area contributed by atoms with E-state index < -0.39 is 0 Å². The maximum Gasteiger partial charge on any atom is 0.306 e. The Morgan fingerprint density at radius 3 is 1.27 bits per heavy atom. The molecule has 0 fully saturated rings. The lowest BCUT2D eigenvalue weighted by molar-refractivity contribution is -0.153. The Labute approximate surface area is 348 Å².